The minimum atomic E-state index is 0.276. The van der Waals surface area contributed by atoms with E-state index in [0.717, 1.165) is 59.0 Å². The Morgan fingerprint density at radius 2 is 1.44 bits per heavy atom. The number of piperazine rings is 1. The first-order chi connectivity index (χ1) is 13.4. The first-order valence-electron chi connectivity index (χ1n) is 10.2. The Hall–Kier alpha value is -1.72. The first-order valence-corrected chi connectivity index (χ1v) is 10.2. The summed E-state index contributed by atoms with van der Waals surface area (Å²) in [6.45, 7) is 7.76. The van der Waals surface area contributed by atoms with Crippen LogP contribution in [0.4, 0.5) is 0 Å². The highest BCUT2D eigenvalue weighted by Gasteiger charge is 2.26. The topological polar surface area (TPSA) is 24.9 Å². The molecule has 2 aromatic rings. The predicted molar refractivity (Wildman–Crippen MR) is 108 cm³/mol. The first kappa shape index (κ1) is 18.6. The molecule has 1 atom stereocenters. The summed E-state index contributed by atoms with van der Waals surface area (Å²) in [5.74, 6) is 0. The van der Waals surface area contributed by atoms with E-state index in [1.165, 1.54) is 11.1 Å². The third-order valence-corrected chi connectivity index (χ3v) is 5.65. The van der Waals surface area contributed by atoms with Crippen LogP contribution in [0.25, 0.3) is 0 Å². The van der Waals surface area contributed by atoms with Gasteiger partial charge in [0, 0.05) is 32.7 Å². The third kappa shape index (κ3) is 4.96. The summed E-state index contributed by atoms with van der Waals surface area (Å²) >= 11 is 0. The zero-order chi connectivity index (χ0) is 18.3. The van der Waals surface area contributed by atoms with Crippen molar-refractivity contribution in [1.82, 2.24) is 9.80 Å². The highest BCUT2D eigenvalue weighted by Crippen LogP contribution is 2.29. The van der Waals surface area contributed by atoms with Gasteiger partial charge in [0.15, 0.2) is 0 Å². The van der Waals surface area contributed by atoms with Gasteiger partial charge in [0.25, 0.3) is 0 Å². The van der Waals surface area contributed by atoms with Crippen molar-refractivity contribution >= 4 is 0 Å². The molecule has 27 heavy (non-hydrogen) atoms. The Balaban J connectivity index is 1.37. The van der Waals surface area contributed by atoms with Crippen molar-refractivity contribution in [2.24, 2.45) is 0 Å². The van der Waals surface area contributed by atoms with Gasteiger partial charge in [-0.2, -0.15) is 0 Å². The van der Waals surface area contributed by atoms with E-state index >= 15 is 0 Å². The Morgan fingerprint density at radius 3 is 2.00 bits per heavy atom. The highest BCUT2D eigenvalue weighted by molar-refractivity contribution is 5.31. The second-order valence-corrected chi connectivity index (χ2v) is 7.46. The van der Waals surface area contributed by atoms with Crippen LogP contribution in [0.1, 0.15) is 23.6 Å². The maximum absolute atomic E-state index is 5.78. The van der Waals surface area contributed by atoms with Crippen LogP contribution in [0.3, 0.4) is 0 Å². The van der Waals surface area contributed by atoms with Crippen molar-refractivity contribution < 1.29 is 9.47 Å². The van der Waals surface area contributed by atoms with Crippen LogP contribution in [-0.2, 0) is 9.47 Å². The molecule has 2 aliphatic rings. The SMILES string of the molecule is c1ccc(C(c2ccccc2)N2CCN(CCC3COCCO3)CC2)cc1. The summed E-state index contributed by atoms with van der Waals surface area (Å²) in [5, 5.41) is 0. The number of benzene rings is 2. The molecule has 1 unspecified atom stereocenters. The number of ether oxygens (including phenoxy) is 2. The monoisotopic (exact) mass is 366 g/mol. The van der Waals surface area contributed by atoms with Crippen molar-refractivity contribution in [2.75, 3.05) is 52.5 Å². The molecule has 144 valence electrons. The summed E-state index contributed by atoms with van der Waals surface area (Å²) in [5.41, 5.74) is 2.76. The molecular formula is C23H30N2O2. The van der Waals surface area contributed by atoms with E-state index in [4.69, 9.17) is 9.47 Å². The van der Waals surface area contributed by atoms with E-state index in [-0.39, 0.29) is 6.10 Å². The Labute approximate surface area is 162 Å². The van der Waals surface area contributed by atoms with Gasteiger partial charge in [-0.25, -0.2) is 0 Å². The van der Waals surface area contributed by atoms with Crippen LogP contribution in [0.5, 0.6) is 0 Å². The molecule has 2 aromatic carbocycles. The molecule has 4 heteroatoms. The van der Waals surface area contributed by atoms with Crippen LogP contribution >= 0.6 is 0 Å². The lowest BCUT2D eigenvalue weighted by Gasteiger charge is -2.40. The van der Waals surface area contributed by atoms with E-state index in [1.807, 2.05) is 0 Å². The number of hydrogen-bond donors (Lipinski definition) is 0. The average molecular weight is 367 g/mol. The Bertz CT molecular complexity index is 626. The summed E-state index contributed by atoms with van der Waals surface area (Å²) in [4.78, 5) is 5.20. The molecule has 2 fully saturated rings. The summed E-state index contributed by atoms with van der Waals surface area (Å²) in [6, 6.07) is 22.1. The lowest BCUT2D eigenvalue weighted by Crippen LogP contribution is -2.48. The second-order valence-electron chi connectivity index (χ2n) is 7.46. The third-order valence-electron chi connectivity index (χ3n) is 5.65. The largest absolute Gasteiger partial charge is 0.376 e. The molecule has 2 heterocycles. The maximum Gasteiger partial charge on any atom is 0.0821 e. The molecule has 2 saturated heterocycles. The van der Waals surface area contributed by atoms with Gasteiger partial charge in [-0.1, -0.05) is 60.7 Å². The second kappa shape index (κ2) is 9.47. The van der Waals surface area contributed by atoms with Crippen molar-refractivity contribution in [1.29, 1.82) is 0 Å². The van der Waals surface area contributed by atoms with E-state index in [1.54, 1.807) is 0 Å². The van der Waals surface area contributed by atoms with Crippen LogP contribution in [0, 0.1) is 0 Å². The Kier molecular flexibility index (Phi) is 6.53. The lowest BCUT2D eigenvalue weighted by molar-refractivity contribution is -0.0933. The van der Waals surface area contributed by atoms with E-state index in [0.29, 0.717) is 6.04 Å². The van der Waals surface area contributed by atoms with Crippen molar-refractivity contribution in [3.63, 3.8) is 0 Å². The van der Waals surface area contributed by atoms with Gasteiger partial charge in [-0.15, -0.1) is 0 Å². The van der Waals surface area contributed by atoms with Crippen LogP contribution in [0.2, 0.25) is 0 Å². The van der Waals surface area contributed by atoms with Crippen molar-refractivity contribution in [3.8, 4) is 0 Å². The van der Waals surface area contributed by atoms with Crippen molar-refractivity contribution in [3.05, 3.63) is 71.8 Å². The molecule has 0 amide bonds. The van der Waals surface area contributed by atoms with Gasteiger partial charge < -0.3 is 14.4 Å². The normalized spacial score (nSPS) is 22.2. The highest BCUT2D eigenvalue weighted by atomic mass is 16.6. The van der Waals surface area contributed by atoms with Crippen molar-refractivity contribution in [2.45, 2.75) is 18.6 Å². The predicted octanol–water partition coefficient (Wildman–Crippen LogP) is 3.20. The zero-order valence-electron chi connectivity index (χ0n) is 16.0. The molecule has 0 spiro atoms. The van der Waals surface area contributed by atoms with Crippen LogP contribution in [0.15, 0.2) is 60.7 Å². The molecule has 0 saturated carbocycles. The fourth-order valence-corrected chi connectivity index (χ4v) is 4.16. The number of hydrogen-bond acceptors (Lipinski definition) is 4. The molecule has 4 nitrogen and oxygen atoms in total. The molecule has 2 aliphatic heterocycles. The molecule has 0 aliphatic carbocycles. The number of nitrogens with zero attached hydrogens (tertiary/aromatic N) is 2. The standard InChI is InChI=1S/C23H30N2O2/c1-3-7-20(8-4-1)23(21-9-5-2-6-10-21)25-15-13-24(14-16-25)12-11-22-19-26-17-18-27-22/h1-10,22-23H,11-19H2. The Morgan fingerprint density at radius 1 is 0.815 bits per heavy atom. The summed E-state index contributed by atoms with van der Waals surface area (Å²) < 4.78 is 11.3. The van der Waals surface area contributed by atoms with Gasteiger partial charge >= 0.3 is 0 Å². The average Bonchev–Trinajstić information content (AvgIpc) is 2.76. The van der Waals surface area contributed by atoms with E-state index < -0.39 is 0 Å². The molecule has 0 bridgehead atoms. The fraction of sp³-hybridized carbons (Fsp3) is 0.478. The van der Waals surface area contributed by atoms with Crippen LogP contribution in [-0.4, -0.2) is 68.4 Å². The minimum Gasteiger partial charge on any atom is -0.376 e. The molecule has 0 N–H and O–H groups in total. The van der Waals surface area contributed by atoms with Gasteiger partial charge in [0.1, 0.15) is 0 Å². The van der Waals surface area contributed by atoms with Gasteiger partial charge in [0.05, 0.1) is 32.0 Å². The molecule has 0 radical (unpaired) electrons. The summed E-state index contributed by atoms with van der Waals surface area (Å²) in [7, 11) is 0. The van der Waals surface area contributed by atoms with Gasteiger partial charge in [0.2, 0.25) is 0 Å². The van der Waals surface area contributed by atoms with Gasteiger partial charge in [-0.3, -0.25) is 4.90 Å². The fourth-order valence-electron chi connectivity index (χ4n) is 4.16. The zero-order valence-corrected chi connectivity index (χ0v) is 16.0. The smallest absolute Gasteiger partial charge is 0.0821 e. The van der Waals surface area contributed by atoms with E-state index in [9.17, 15) is 0 Å². The maximum atomic E-state index is 5.78. The molecular weight excluding hydrogens is 336 g/mol. The van der Waals surface area contributed by atoms with E-state index in [2.05, 4.69) is 70.5 Å². The molecule has 4 rings (SSSR count). The molecule has 0 aromatic heterocycles. The number of rotatable bonds is 6. The van der Waals surface area contributed by atoms with Gasteiger partial charge in [-0.05, 0) is 17.5 Å². The summed E-state index contributed by atoms with van der Waals surface area (Å²) in [6.07, 6.45) is 1.35. The quantitative estimate of drug-likeness (QED) is 0.784. The minimum absolute atomic E-state index is 0.276. The lowest BCUT2D eigenvalue weighted by atomic mass is 9.96. The van der Waals surface area contributed by atoms with Crippen LogP contribution < -0.4 is 0 Å².